The quantitative estimate of drug-likeness (QED) is 0.0613. The molecule has 5 aromatic rings. The minimum atomic E-state index is -0.822. The third-order valence-corrected chi connectivity index (χ3v) is 10.1. The van der Waals surface area contributed by atoms with E-state index in [0.717, 1.165) is 17.4 Å². The monoisotopic (exact) mass is 938 g/mol. The minimum absolute atomic E-state index is 0.0591. The molecule has 0 bridgehead atoms. The number of ether oxygens (including phenoxy) is 4. The van der Waals surface area contributed by atoms with Crippen molar-refractivity contribution in [2.24, 2.45) is 11.8 Å². The predicted molar refractivity (Wildman–Crippen MR) is 249 cm³/mol. The lowest BCUT2D eigenvalue weighted by Gasteiger charge is -2.27. The molecule has 0 spiro atoms. The van der Waals surface area contributed by atoms with Gasteiger partial charge in [0.15, 0.2) is 23.6 Å². The number of nitrogens with zero attached hydrogens (tertiary/aromatic N) is 4. The van der Waals surface area contributed by atoms with Crippen molar-refractivity contribution in [3.8, 4) is 17.6 Å². The lowest BCUT2D eigenvalue weighted by molar-refractivity contribution is -0.127. The van der Waals surface area contributed by atoms with E-state index in [1.54, 1.807) is 82.6 Å². The second-order valence-corrected chi connectivity index (χ2v) is 16.4. The first-order chi connectivity index (χ1) is 32.5. The summed E-state index contributed by atoms with van der Waals surface area (Å²) in [4.78, 5) is 62.6. The zero-order chi connectivity index (χ0) is 49.3. The van der Waals surface area contributed by atoms with Gasteiger partial charge in [-0.05, 0) is 104 Å². The normalized spacial score (nSPS) is 14.4. The van der Waals surface area contributed by atoms with Crippen molar-refractivity contribution >= 4 is 69.1 Å². The number of nitriles is 1. The number of hydroxylamine groups is 1. The Morgan fingerprint density at radius 2 is 1.24 bits per heavy atom. The maximum Gasteiger partial charge on any atom is 0.265 e. The summed E-state index contributed by atoms with van der Waals surface area (Å²) in [5.74, 6) is -0.439. The van der Waals surface area contributed by atoms with Crippen molar-refractivity contribution < 1.29 is 57.0 Å². The zero-order valence-electron chi connectivity index (χ0n) is 38.3. The van der Waals surface area contributed by atoms with Crippen LogP contribution in [0.3, 0.4) is 0 Å². The standard InChI is InChI=1S/C23H24FN3O4.C23H26N4O5.C2H5NO2/c1-15(2)11-21(31-19-7-8-20(24)16(12-19)13-25)23(29)26-17-3-5-18(6-4-17)27-9-10-30-14-22(27)28;1-14(2)11-20(31-17-7-8-19-18(12-17)22(24)26-32-19)23(29)25-15-3-5-16(6-4-15)27-9-10-30-13-21(27)28;1-2(4)3-5/h3-8,12,15,21H,9-11,14H2,1-2H3,(H,26,29);3-8,12,14,20H,9-11,13H2,1-2H3,(H2,24,26)(H,25,29);5H,1H3,(H,3,4). The topological polar surface area (TPSA) is 261 Å². The number of amides is 5. The fourth-order valence-electron chi connectivity index (χ4n) is 6.75. The number of hydrogen-bond donors (Lipinski definition) is 5. The molecule has 2 aliphatic heterocycles. The molecule has 360 valence electrons. The number of nitrogens with two attached hydrogens (primary N) is 1. The van der Waals surface area contributed by atoms with E-state index in [1.807, 2.05) is 27.7 Å². The Bertz CT molecular complexity index is 2560. The molecule has 1 aromatic heterocycles. The first-order valence-electron chi connectivity index (χ1n) is 21.7. The number of carbonyl (C=O) groups is 5. The molecular formula is C48H55FN8O11. The van der Waals surface area contributed by atoms with Gasteiger partial charge in [0.25, 0.3) is 23.6 Å². The van der Waals surface area contributed by atoms with Gasteiger partial charge < -0.3 is 49.6 Å². The van der Waals surface area contributed by atoms with Crippen molar-refractivity contribution in [3.05, 3.63) is 96.3 Å². The summed E-state index contributed by atoms with van der Waals surface area (Å²) in [5.41, 5.74) is 10.3. The fraction of sp³-hybridized carbons (Fsp3) is 0.354. The lowest BCUT2D eigenvalue weighted by atomic mass is 10.0. The van der Waals surface area contributed by atoms with Crippen LogP contribution in [0.15, 0.2) is 89.5 Å². The number of fused-ring (bicyclic) bond motifs is 1. The number of nitrogens with one attached hydrogen (secondary N) is 3. The van der Waals surface area contributed by atoms with Crippen molar-refractivity contribution in [1.82, 2.24) is 10.6 Å². The van der Waals surface area contributed by atoms with Crippen LogP contribution in [-0.2, 0) is 33.4 Å². The first kappa shape index (κ1) is 51.4. The molecule has 7 rings (SSSR count). The molecule has 68 heavy (non-hydrogen) atoms. The van der Waals surface area contributed by atoms with E-state index in [1.165, 1.54) is 24.5 Å². The summed E-state index contributed by atoms with van der Waals surface area (Å²) in [5, 5.41) is 26.6. The van der Waals surface area contributed by atoms with E-state index in [4.69, 9.17) is 39.7 Å². The van der Waals surface area contributed by atoms with Crippen LogP contribution in [0.25, 0.3) is 11.0 Å². The lowest BCUT2D eigenvalue weighted by Crippen LogP contribution is -2.41. The van der Waals surface area contributed by atoms with Crippen molar-refractivity contribution in [1.29, 1.82) is 5.26 Å². The molecule has 3 heterocycles. The maximum atomic E-state index is 13.6. The highest BCUT2D eigenvalue weighted by atomic mass is 19.1. The van der Waals surface area contributed by atoms with Crippen LogP contribution in [0.5, 0.6) is 11.5 Å². The number of benzene rings is 4. The van der Waals surface area contributed by atoms with E-state index in [9.17, 15) is 28.4 Å². The molecule has 2 saturated heterocycles. The van der Waals surface area contributed by atoms with Gasteiger partial charge in [-0.3, -0.25) is 29.2 Å². The van der Waals surface area contributed by atoms with E-state index in [-0.39, 0.29) is 65.8 Å². The maximum absolute atomic E-state index is 13.6. The van der Waals surface area contributed by atoms with Gasteiger partial charge in [0, 0.05) is 48.8 Å². The van der Waals surface area contributed by atoms with Crippen molar-refractivity contribution in [3.63, 3.8) is 0 Å². The van der Waals surface area contributed by atoms with Crippen LogP contribution in [-0.4, -0.2) is 91.6 Å². The van der Waals surface area contributed by atoms with Crippen LogP contribution in [0.2, 0.25) is 0 Å². The third-order valence-electron chi connectivity index (χ3n) is 10.1. The Balaban J connectivity index is 0.000000231. The van der Waals surface area contributed by atoms with Gasteiger partial charge in [0.05, 0.1) is 24.2 Å². The van der Waals surface area contributed by atoms with Gasteiger partial charge in [0.2, 0.25) is 5.91 Å². The van der Waals surface area contributed by atoms with Gasteiger partial charge in [0.1, 0.15) is 36.6 Å². The summed E-state index contributed by atoms with van der Waals surface area (Å²) in [6, 6.07) is 24.8. The van der Waals surface area contributed by atoms with Crippen LogP contribution in [0.1, 0.15) is 53.0 Å². The molecule has 2 aliphatic rings. The van der Waals surface area contributed by atoms with Gasteiger partial charge in [-0.15, -0.1) is 0 Å². The number of hydrogen-bond acceptors (Lipinski definition) is 14. The number of rotatable bonds is 14. The third kappa shape index (κ3) is 15.0. The van der Waals surface area contributed by atoms with E-state index >= 15 is 0 Å². The van der Waals surface area contributed by atoms with Crippen LogP contribution in [0.4, 0.5) is 33.0 Å². The number of morpholine rings is 2. The fourth-order valence-corrected chi connectivity index (χ4v) is 6.75. The Kier molecular flexibility index (Phi) is 18.7. The van der Waals surface area contributed by atoms with Gasteiger partial charge in [-0.25, -0.2) is 9.87 Å². The highest BCUT2D eigenvalue weighted by Crippen LogP contribution is 2.28. The van der Waals surface area contributed by atoms with Gasteiger partial charge >= 0.3 is 0 Å². The number of carbonyl (C=O) groups excluding carboxylic acids is 5. The summed E-state index contributed by atoms with van der Waals surface area (Å²) >= 11 is 0. The summed E-state index contributed by atoms with van der Waals surface area (Å²) in [6.45, 7) is 11.3. The minimum Gasteiger partial charge on any atom is -0.481 e. The highest BCUT2D eigenvalue weighted by Gasteiger charge is 2.26. The Labute approximate surface area is 392 Å². The average Bonchev–Trinajstić information content (AvgIpc) is 3.69. The second-order valence-electron chi connectivity index (χ2n) is 16.4. The van der Waals surface area contributed by atoms with E-state index in [2.05, 4.69) is 15.8 Å². The molecule has 20 heteroatoms. The zero-order valence-corrected chi connectivity index (χ0v) is 38.3. The average molecular weight is 939 g/mol. The Hall–Kier alpha value is -7.60. The Morgan fingerprint density at radius 3 is 1.66 bits per heavy atom. The first-order valence-corrected chi connectivity index (χ1v) is 21.7. The van der Waals surface area contributed by atoms with Crippen LogP contribution in [0, 0.1) is 29.0 Å². The summed E-state index contributed by atoms with van der Waals surface area (Å²) in [7, 11) is 0. The molecule has 0 saturated carbocycles. The molecule has 0 aliphatic carbocycles. The van der Waals surface area contributed by atoms with E-state index < -0.39 is 23.9 Å². The molecule has 5 amide bonds. The second kappa shape index (κ2) is 24.8. The molecular weight excluding hydrogens is 884 g/mol. The predicted octanol–water partition coefficient (Wildman–Crippen LogP) is 6.21. The number of anilines is 5. The van der Waals surface area contributed by atoms with Gasteiger partial charge in [-0.1, -0.05) is 32.9 Å². The van der Waals surface area contributed by atoms with Crippen molar-refractivity contribution in [2.75, 3.05) is 65.7 Å². The largest absolute Gasteiger partial charge is 0.481 e. The van der Waals surface area contributed by atoms with Gasteiger partial charge in [-0.2, -0.15) is 5.26 Å². The molecule has 4 aromatic carbocycles. The molecule has 2 atom stereocenters. The van der Waals surface area contributed by atoms with Crippen LogP contribution >= 0.6 is 0 Å². The Morgan fingerprint density at radius 1 is 0.779 bits per heavy atom. The smallest absolute Gasteiger partial charge is 0.265 e. The number of aromatic nitrogens is 1. The molecule has 6 N–H and O–H groups in total. The molecule has 19 nitrogen and oxygen atoms in total. The molecule has 2 unspecified atom stereocenters. The molecule has 0 radical (unpaired) electrons. The SMILES string of the molecule is CC(=O)NO.CC(C)CC(Oc1ccc(F)c(C#N)c1)C(=O)Nc1ccc(N2CCOCC2=O)cc1.CC(C)CC(Oc1ccc2onc(N)c2c1)C(=O)Nc1ccc(N2CCOCC2=O)cc1. The highest BCUT2D eigenvalue weighted by molar-refractivity contribution is 5.98. The van der Waals surface area contributed by atoms with Crippen molar-refractivity contribution in [2.45, 2.75) is 59.7 Å². The summed E-state index contributed by atoms with van der Waals surface area (Å²) in [6.07, 6.45) is -0.555. The summed E-state index contributed by atoms with van der Waals surface area (Å²) < 4.78 is 40.8. The van der Waals surface area contributed by atoms with Crippen LogP contribution < -0.4 is 41.1 Å². The number of nitrogen functional groups attached to an aromatic ring is 1. The van der Waals surface area contributed by atoms with E-state index in [0.29, 0.717) is 67.2 Å². The number of halogens is 1. The molecule has 2 fully saturated rings.